The molecule has 0 radical (unpaired) electrons. The molecule has 1 N–H and O–H groups in total. The zero-order valence-corrected chi connectivity index (χ0v) is 13.1. The van der Waals surface area contributed by atoms with Gasteiger partial charge in [0, 0.05) is 25.5 Å². The van der Waals surface area contributed by atoms with Crippen molar-refractivity contribution in [3.05, 3.63) is 46.4 Å². The van der Waals surface area contributed by atoms with Gasteiger partial charge < -0.3 is 9.88 Å². The van der Waals surface area contributed by atoms with Crippen LogP contribution in [0, 0.1) is 0 Å². The molecule has 1 atom stereocenters. The first-order chi connectivity index (χ1) is 10.3. The highest BCUT2D eigenvalue weighted by Gasteiger charge is 2.25. The van der Waals surface area contributed by atoms with Crippen LogP contribution < -0.4 is 5.32 Å². The van der Waals surface area contributed by atoms with Gasteiger partial charge in [-0.05, 0) is 49.5 Å². The minimum atomic E-state index is 0.0309. The summed E-state index contributed by atoms with van der Waals surface area (Å²) in [5, 5.41) is 5.03. The van der Waals surface area contributed by atoms with Gasteiger partial charge in [-0.2, -0.15) is 0 Å². The molecule has 1 fully saturated rings. The van der Waals surface area contributed by atoms with Gasteiger partial charge in [0.25, 0.3) is 5.91 Å². The van der Waals surface area contributed by atoms with E-state index in [1.807, 2.05) is 17.5 Å². The first-order valence-corrected chi connectivity index (χ1v) is 8.30. The molecule has 112 valence electrons. The molecule has 1 amide bonds. The monoisotopic (exact) mass is 303 g/mol. The summed E-state index contributed by atoms with van der Waals surface area (Å²) in [6.07, 6.45) is 4.57. The van der Waals surface area contributed by atoms with Crippen molar-refractivity contribution in [2.75, 3.05) is 19.6 Å². The number of hydrogen-bond acceptors (Lipinski definition) is 3. The number of nitrogens with zero attached hydrogens (tertiary/aromatic N) is 2. The quantitative estimate of drug-likeness (QED) is 0.922. The number of amides is 1. The number of likely N-dealkylation sites (tertiary alicyclic amines) is 1. The van der Waals surface area contributed by atoms with Crippen molar-refractivity contribution in [3.8, 4) is 0 Å². The van der Waals surface area contributed by atoms with Crippen LogP contribution in [-0.4, -0.2) is 35.0 Å². The molecule has 21 heavy (non-hydrogen) atoms. The van der Waals surface area contributed by atoms with Crippen molar-refractivity contribution in [2.24, 2.45) is 7.05 Å². The van der Waals surface area contributed by atoms with E-state index in [1.54, 1.807) is 0 Å². The van der Waals surface area contributed by atoms with E-state index < -0.39 is 0 Å². The third-order valence-electron chi connectivity index (χ3n) is 4.11. The zero-order chi connectivity index (χ0) is 14.7. The molecule has 0 saturated carbocycles. The summed E-state index contributed by atoms with van der Waals surface area (Å²) in [5.74, 6) is 0.0309. The van der Waals surface area contributed by atoms with Crippen LogP contribution >= 0.6 is 11.3 Å². The highest BCUT2D eigenvalue weighted by atomic mass is 32.1. The Bertz CT molecular complexity index is 584. The van der Waals surface area contributed by atoms with Gasteiger partial charge in [-0.25, -0.2) is 0 Å². The summed E-state index contributed by atoms with van der Waals surface area (Å²) in [5.41, 5.74) is 1.27. The molecule has 0 bridgehead atoms. The maximum absolute atomic E-state index is 12.2. The van der Waals surface area contributed by atoms with E-state index in [0.717, 1.165) is 18.0 Å². The second-order valence-electron chi connectivity index (χ2n) is 5.49. The van der Waals surface area contributed by atoms with Crippen LogP contribution in [0.5, 0.6) is 0 Å². The van der Waals surface area contributed by atoms with Crippen molar-refractivity contribution in [3.63, 3.8) is 0 Å². The smallest absolute Gasteiger partial charge is 0.261 e. The maximum atomic E-state index is 12.2. The van der Waals surface area contributed by atoms with E-state index in [-0.39, 0.29) is 11.9 Å². The van der Waals surface area contributed by atoms with E-state index in [1.165, 1.54) is 29.9 Å². The largest absolute Gasteiger partial charge is 0.353 e. The number of carbonyl (C=O) groups excluding carboxylic acids is 1. The van der Waals surface area contributed by atoms with Gasteiger partial charge in [-0.3, -0.25) is 9.69 Å². The molecule has 1 aliphatic heterocycles. The average Bonchev–Trinajstić information content (AvgIpc) is 3.21. The normalized spacial score (nSPS) is 17.0. The Hall–Kier alpha value is -1.59. The number of nitrogens with one attached hydrogen (secondary N) is 1. The summed E-state index contributed by atoms with van der Waals surface area (Å²) < 4.78 is 2.15. The molecule has 0 aliphatic carbocycles. The number of carbonyl (C=O) groups is 1. The van der Waals surface area contributed by atoms with E-state index in [9.17, 15) is 4.79 Å². The highest BCUT2D eigenvalue weighted by Crippen LogP contribution is 2.24. The predicted molar refractivity (Wildman–Crippen MR) is 85.6 cm³/mol. The van der Waals surface area contributed by atoms with Gasteiger partial charge in [0.15, 0.2) is 0 Å². The van der Waals surface area contributed by atoms with Crippen LogP contribution in [0.3, 0.4) is 0 Å². The topological polar surface area (TPSA) is 37.3 Å². The van der Waals surface area contributed by atoms with Gasteiger partial charge in [-0.15, -0.1) is 11.3 Å². The van der Waals surface area contributed by atoms with E-state index in [4.69, 9.17) is 0 Å². The van der Waals surface area contributed by atoms with Gasteiger partial charge in [0.2, 0.25) is 0 Å². The standard InChI is InChI=1S/C16H21N3OS/c1-18-8-4-6-13(18)14(19-9-2-3-10-19)12-17-16(20)15-7-5-11-21-15/h4-8,11,14H,2-3,9-10,12H2,1H3,(H,17,20). The van der Waals surface area contributed by atoms with Crippen molar-refractivity contribution in [1.82, 2.24) is 14.8 Å². The first kappa shape index (κ1) is 14.4. The third kappa shape index (κ3) is 3.19. The molecule has 1 aliphatic rings. The second-order valence-corrected chi connectivity index (χ2v) is 6.44. The van der Waals surface area contributed by atoms with Crippen LogP contribution in [0.2, 0.25) is 0 Å². The summed E-state index contributed by atoms with van der Waals surface area (Å²) in [7, 11) is 2.07. The lowest BCUT2D eigenvalue weighted by Crippen LogP contribution is -2.37. The molecule has 3 heterocycles. The summed E-state index contributed by atoms with van der Waals surface area (Å²) >= 11 is 1.48. The Morgan fingerprint density at radius 3 is 2.76 bits per heavy atom. The summed E-state index contributed by atoms with van der Waals surface area (Å²) in [6, 6.07) is 8.26. The summed E-state index contributed by atoms with van der Waals surface area (Å²) in [6.45, 7) is 2.89. The van der Waals surface area contributed by atoms with Crippen LogP contribution in [0.15, 0.2) is 35.8 Å². The lowest BCUT2D eigenvalue weighted by molar-refractivity contribution is 0.0941. The number of hydrogen-bond donors (Lipinski definition) is 1. The Morgan fingerprint density at radius 2 is 2.14 bits per heavy atom. The number of aryl methyl sites for hydroxylation is 1. The Kier molecular flexibility index (Phi) is 4.41. The molecular weight excluding hydrogens is 282 g/mol. The van der Waals surface area contributed by atoms with Crippen LogP contribution in [0.25, 0.3) is 0 Å². The van der Waals surface area contributed by atoms with Gasteiger partial charge >= 0.3 is 0 Å². The molecule has 0 spiro atoms. The fourth-order valence-electron chi connectivity index (χ4n) is 2.98. The average molecular weight is 303 g/mol. The fourth-order valence-corrected chi connectivity index (χ4v) is 3.62. The van der Waals surface area contributed by atoms with Crippen molar-refractivity contribution >= 4 is 17.2 Å². The van der Waals surface area contributed by atoms with Crippen molar-refractivity contribution < 1.29 is 4.79 Å². The van der Waals surface area contributed by atoms with E-state index in [0.29, 0.717) is 6.54 Å². The van der Waals surface area contributed by atoms with Crippen molar-refractivity contribution in [1.29, 1.82) is 0 Å². The molecule has 2 aromatic rings. The predicted octanol–water partition coefficient (Wildman–Crippen LogP) is 2.65. The van der Waals surface area contributed by atoms with E-state index in [2.05, 4.69) is 40.2 Å². The Labute approximate surface area is 129 Å². The third-order valence-corrected chi connectivity index (χ3v) is 4.98. The number of thiophene rings is 1. The van der Waals surface area contributed by atoms with Gasteiger partial charge in [0.05, 0.1) is 10.9 Å². The van der Waals surface area contributed by atoms with Crippen LogP contribution in [0.1, 0.15) is 34.2 Å². The minimum Gasteiger partial charge on any atom is -0.353 e. The highest BCUT2D eigenvalue weighted by molar-refractivity contribution is 7.12. The minimum absolute atomic E-state index is 0.0309. The van der Waals surface area contributed by atoms with Crippen LogP contribution in [-0.2, 0) is 7.05 Å². The Morgan fingerprint density at radius 1 is 1.33 bits per heavy atom. The number of aromatic nitrogens is 1. The lowest BCUT2D eigenvalue weighted by atomic mass is 10.1. The lowest BCUT2D eigenvalue weighted by Gasteiger charge is -2.28. The molecule has 2 aromatic heterocycles. The van der Waals surface area contributed by atoms with Crippen molar-refractivity contribution in [2.45, 2.75) is 18.9 Å². The molecular formula is C16H21N3OS. The fraction of sp³-hybridized carbons (Fsp3) is 0.438. The number of rotatable bonds is 5. The molecule has 1 saturated heterocycles. The molecule has 0 aromatic carbocycles. The van der Waals surface area contributed by atoms with Gasteiger partial charge in [-0.1, -0.05) is 6.07 Å². The molecule has 3 rings (SSSR count). The van der Waals surface area contributed by atoms with Gasteiger partial charge in [0.1, 0.15) is 0 Å². The van der Waals surface area contributed by atoms with E-state index >= 15 is 0 Å². The Balaban J connectivity index is 1.70. The van der Waals surface area contributed by atoms with Crippen LogP contribution in [0.4, 0.5) is 0 Å². The first-order valence-electron chi connectivity index (χ1n) is 7.42. The SMILES string of the molecule is Cn1cccc1C(CNC(=O)c1cccs1)N1CCCC1. The zero-order valence-electron chi connectivity index (χ0n) is 12.3. The maximum Gasteiger partial charge on any atom is 0.261 e. The molecule has 1 unspecified atom stereocenters. The summed E-state index contributed by atoms with van der Waals surface area (Å²) in [4.78, 5) is 15.4. The second kappa shape index (κ2) is 6.45. The molecule has 5 heteroatoms. The molecule has 4 nitrogen and oxygen atoms in total.